The predicted molar refractivity (Wildman–Crippen MR) is 118 cm³/mol. The number of anilines is 1. The van der Waals surface area contributed by atoms with Gasteiger partial charge in [-0.05, 0) is 49.0 Å². The molecule has 5 heteroatoms. The summed E-state index contributed by atoms with van der Waals surface area (Å²) < 4.78 is 6.20. The molecule has 1 atom stereocenters. The Kier molecular flexibility index (Phi) is 5.35. The maximum absolute atomic E-state index is 6.20. The van der Waals surface area contributed by atoms with Crippen molar-refractivity contribution in [1.29, 1.82) is 0 Å². The van der Waals surface area contributed by atoms with E-state index in [0.29, 0.717) is 11.5 Å². The molecule has 0 aromatic heterocycles. The summed E-state index contributed by atoms with van der Waals surface area (Å²) in [6.45, 7) is 2.05. The van der Waals surface area contributed by atoms with Gasteiger partial charge in [-0.1, -0.05) is 60.2 Å². The monoisotopic (exact) mass is 387 g/mol. The van der Waals surface area contributed by atoms with Crippen LogP contribution in [0.5, 0.6) is 5.75 Å². The minimum Gasteiger partial charge on any atom is -0.485 e. The second kappa shape index (κ2) is 8.23. The van der Waals surface area contributed by atoms with Crippen molar-refractivity contribution in [2.45, 2.75) is 19.4 Å². The van der Waals surface area contributed by atoms with Gasteiger partial charge in [0.05, 0.1) is 5.71 Å². The van der Waals surface area contributed by atoms with E-state index in [0.717, 1.165) is 28.3 Å². The third-order valence-corrected chi connectivity index (χ3v) is 4.81. The number of para-hydroxylation sites is 1. The molecule has 0 fully saturated rings. The van der Waals surface area contributed by atoms with Crippen LogP contribution in [0.1, 0.15) is 29.2 Å². The molecule has 2 N–H and O–H groups in total. The van der Waals surface area contributed by atoms with Gasteiger partial charge in [0, 0.05) is 17.7 Å². The number of nitrogens with one attached hydrogen (secondary N) is 2. The van der Waals surface area contributed by atoms with Crippen LogP contribution in [0.15, 0.2) is 84.0 Å². The Bertz CT molecular complexity index is 1000. The second-order valence-corrected chi connectivity index (χ2v) is 7.12. The second-order valence-electron chi connectivity index (χ2n) is 6.71. The molecule has 0 aliphatic carbocycles. The summed E-state index contributed by atoms with van der Waals surface area (Å²) in [5.74, 6) is 0.834. The molecule has 4 nitrogen and oxygen atoms in total. The van der Waals surface area contributed by atoms with Crippen LogP contribution in [0, 0.1) is 6.92 Å². The van der Waals surface area contributed by atoms with E-state index < -0.39 is 0 Å². The van der Waals surface area contributed by atoms with Gasteiger partial charge in [0.1, 0.15) is 11.9 Å². The first kappa shape index (κ1) is 18.2. The molecule has 0 saturated heterocycles. The first-order valence-electron chi connectivity index (χ1n) is 9.20. The van der Waals surface area contributed by atoms with Gasteiger partial charge in [-0.25, -0.2) is 0 Å². The summed E-state index contributed by atoms with van der Waals surface area (Å²) in [6, 6.07) is 26.2. The third kappa shape index (κ3) is 4.21. The molecule has 4 rings (SSSR count). The molecular formula is C23H21N3OS. The topological polar surface area (TPSA) is 45.7 Å². The van der Waals surface area contributed by atoms with Gasteiger partial charge in [0.2, 0.25) is 0 Å². The highest BCUT2D eigenvalue weighted by molar-refractivity contribution is 7.80. The van der Waals surface area contributed by atoms with Gasteiger partial charge < -0.3 is 10.1 Å². The molecule has 0 amide bonds. The molecule has 3 aromatic rings. The number of hydrazone groups is 1. The average Bonchev–Trinajstić information content (AvgIpc) is 2.74. The van der Waals surface area contributed by atoms with Crippen molar-refractivity contribution >= 4 is 28.7 Å². The van der Waals surface area contributed by atoms with Gasteiger partial charge in [0.25, 0.3) is 0 Å². The first-order valence-corrected chi connectivity index (χ1v) is 9.61. The SMILES string of the molecule is Cc1ccc(NC(=S)NN=C2CC(c3ccccc3)Oc3ccccc32)cc1. The zero-order valence-electron chi connectivity index (χ0n) is 15.6. The lowest BCUT2D eigenvalue weighted by atomic mass is 9.96. The summed E-state index contributed by atoms with van der Waals surface area (Å²) >= 11 is 5.40. The predicted octanol–water partition coefficient (Wildman–Crippen LogP) is 5.21. The Morgan fingerprint density at radius 1 is 0.964 bits per heavy atom. The lowest BCUT2D eigenvalue weighted by molar-refractivity contribution is 0.206. The van der Waals surface area contributed by atoms with E-state index in [1.54, 1.807) is 0 Å². The number of ether oxygens (including phenoxy) is 1. The number of benzene rings is 3. The molecule has 0 bridgehead atoms. The molecule has 1 aliphatic rings. The summed E-state index contributed by atoms with van der Waals surface area (Å²) in [4.78, 5) is 0. The van der Waals surface area contributed by atoms with Crippen molar-refractivity contribution in [3.05, 3.63) is 95.6 Å². The number of hydrogen-bond acceptors (Lipinski definition) is 3. The largest absolute Gasteiger partial charge is 0.485 e. The molecule has 0 saturated carbocycles. The van der Waals surface area contributed by atoms with Crippen molar-refractivity contribution in [1.82, 2.24) is 5.43 Å². The highest BCUT2D eigenvalue weighted by atomic mass is 32.1. The van der Waals surface area contributed by atoms with Crippen LogP contribution in [0.3, 0.4) is 0 Å². The number of fused-ring (bicyclic) bond motifs is 1. The molecule has 1 heterocycles. The van der Waals surface area contributed by atoms with Gasteiger partial charge in [-0.3, -0.25) is 5.43 Å². The molecule has 140 valence electrons. The third-order valence-electron chi connectivity index (χ3n) is 4.62. The summed E-state index contributed by atoms with van der Waals surface area (Å²) in [6.07, 6.45) is 0.594. The van der Waals surface area contributed by atoms with Gasteiger partial charge in [-0.15, -0.1) is 0 Å². The van der Waals surface area contributed by atoms with Crippen LogP contribution in [0.4, 0.5) is 5.69 Å². The fourth-order valence-electron chi connectivity index (χ4n) is 3.16. The fraction of sp³-hybridized carbons (Fsp3) is 0.130. The standard InChI is InChI=1S/C23H21N3OS/c1-16-11-13-18(14-12-16)24-23(28)26-25-20-15-22(17-7-3-2-4-8-17)27-21-10-6-5-9-19(20)21/h2-14,22H,15H2,1H3,(H2,24,26,28). The van der Waals surface area contributed by atoms with Crippen molar-refractivity contribution in [2.24, 2.45) is 5.10 Å². The molecular weight excluding hydrogens is 366 g/mol. The van der Waals surface area contributed by atoms with E-state index in [4.69, 9.17) is 17.0 Å². The summed E-state index contributed by atoms with van der Waals surface area (Å²) in [5, 5.41) is 8.21. The first-order chi connectivity index (χ1) is 13.7. The van der Waals surface area contributed by atoms with E-state index in [-0.39, 0.29) is 6.10 Å². The van der Waals surface area contributed by atoms with Gasteiger partial charge in [0.15, 0.2) is 5.11 Å². The van der Waals surface area contributed by atoms with Crippen molar-refractivity contribution in [2.75, 3.05) is 5.32 Å². The van der Waals surface area contributed by atoms with Crippen molar-refractivity contribution < 1.29 is 4.74 Å². The van der Waals surface area contributed by atoms with Gasteiger partial charge in [-0.2, -0.15) is 5.10 Å². The Morgan fingerprint density at radius 2 is 1.68 bits per heavy atom. The maximum Gasteiger partial charge on any atom is 0.191 e. The quantitative estimate of drug-likeness (QED) is 0.478. The Labute approximate surface area is 170 Å². The Morgan fingerprint density at radius 3 is 2.46 bits per heavy atom. The molecule has 1 aliphatic heterocycles. The number of aryl methyl sites for hydroxylation is 1. The normalized spacial score (nSPS) is 16.8. The van der Waals surface area contributed by atoms with E-state index in [1.165, 1.54) is 5.56 Å². The fourth-order valence-corrected chi connectivity index (χ4v) is 3.33. The van der Waals surface area contributed by atoms with Crippen LogP contribution < -0.4 is 15.5 Å². The minimum atomic E-state index is -0.0738. The Balaban J connectivity index is 1.53. The van der Waals surface area contributed by atoms with Crippen LogP contribution >= 0.6 is 12.2 Å². The van der Waals surface area contributed by atoms with Crippen LogP contribution in [0.25, 0.3) is 0 Å². The lowest BCUT2D eigenvalue weighted by Gasteiger charge is -2.27. The van der Waals surface area contributed by atoms with Crippen LogP contribution in [-0.2, 0) is 0 Å². The molecule has 3 aromatic carbocycles. The van der Waals surface area contributed by atoms with E-state index in [2.05, 4.69) is 34.9 Å². The minimum absolute atomic E-state index is 0.0738. The van der Waals surface area contributed by atoms with E-state index >= 15 is 0 Å². The molecule has 0 spiro atoms. The maximum atomic E-state index is 6.20. The molecule has 0 radical (unpaired) electrons. The highest BCUT2D eigenvalue weighted by Crippen LogP contribution is 2.34. The molecule has 1 unspecified atom stereocenters. The number of nitrogens with zero attached hydrogens (tertiary/aromatic N) is 1. The number of thiocarbonyl (C=S) groups is 1. The van der Waals surface area contributed by atoms with Crippen LogP contribution in [-0.4, -0.2) is 10.8 Å². The smallest absolute Gasteiger partial charge is 0.191 e. The summed E-state index contributed by atoms with van der Waals surface area (Å²) in [7, 11) is 0. The van der Waals surface area contributed by atoms with Crippen LogP contribution in [0.2, 0.25) is 0 Å². The lowest BCUT2D eigenvalue weighted by Crippen LogP contribution is -2.28. The van der Waals surface area contributed by atoms with E-state index in [1.807, 2.05) is 66.7 Å². The summed E-state index contributed by atoms with van der Waals surface area (Å²) in [5.41, 5.74) is 8.15. The van der Waals surface area contributed by atoms with E-state index in [9.17, 15) is 0 Å². The highest BCUT2D eigenvalue weighted by Gasteiger charge is 2.26. The molecule has 28 heavy (non-hydrogen) atoms. The number of hydrogen-bond donors (Lipinski definition) is 2. The zero-order chi connectivity index (χ0) is 19.3. The Hall–Kier alpha value is -3.18. The average molecular weight is 388 g/mol. The van der Waals surface area contributed by atoms with Gasteiger partial charge >= 0.3 is 0 Å². The van der Waals surface area contributed by atoms with Crippen molar-refractivity contribution in [3.63, 3.8) is 0 Å². The van der Waals surface area contributed by atoms with Crippen molar-refractivity contribution in [3.8, 4) is 5.75 Å². The zero-order valence-corrected chi connectivity index (χ0v) is 16.4. The number of rotatable bonds is 3.